The first-order valence-corrected chi connectivity index (χ1v) is 7.59. The van der Waals surface area contributed by atoms with Crippen LogP contribution in [0.15, 0.2) is 29.2 Å². The van der Waals surface area contributed by atoms with Gasteiger partial charge in [-0.25, -0.2) is 8.42 Å². The number of aldehydes is 1. The molecule has 1 atom stereocenters. The zero-order chi connectivity index (χ0) is 13.2. The van der Waals surface area contributed by atoms with Crippen molar-refractivity contribution >= 4 is 16.3 Å². The van der Waals surface area contributed by atoms with E-state index in [2.05, 4.69) is 0 Å². The second-order valence-corrected chi connectivity index (χ2v) is 6.35. The molecule has 0 amide bonds. The normalized spacial score (nSPS) is 21.1. The van der Waals surface area contributed by atoms with E-state index in [1.165, 1.54) is 4.31 Å². The van der Waals surface area contributed by atoms with Crippen molar-refractivity contribution in [2.45, 2.75) is 37.1 Å². The van der Waals surface area contributed by atoms with Crippen molar-refractivity contribution in [2.75, 3.05) is 6.54 Å². The van der Waals surface area contributed by atoms with E-state index in [0.29, 0.717) is 13.0 Å². The molecule has 0 aliphatic carbocycles. The summed E-state index contributed by atoms with van der Waals surface area (Å²) in [6, 6.07) is 6.38. The van der Waals surface area contributed by atoms with Crippen molar-refractivity contribution in [3.8, 4) is 0 Å². The number of aryl methyl sites for hydroxylation is 1. The maximum atomic E-state index is 12.4. The average molecular weight is 267 g/mol. The SMILES string of the molecule is CCc1ccc(S(=O)(=O)N2CCCC2C=O)cc1. The number of carbonyl (C=O) groups is 1. The van der Waals surface area contributed by atoms with Crippen LogP contribution >= 0.6 is 0 Å². The van der Waals surface area contributed by atoms with E-state index in [9.17, 15) is 13.2 Å². The van der Waals surface area contributed by atoms with Gasteiger partial charge in [0, 0.05) is 6.54 Å². The summed E-state index contributed by atoms with van der Waals surface area (Å²) < 4.78 is 26.0. The zero-order valence-corrected chi connectivity index (χ0v) is 11.2. The van der Waals surface area contributed by atoms with Gasteiger partial charge in [0.2, 0.25) is 10.0 Å². The molecule has 0 spiro atoms. The molecule has 1 heterocycles. The highest BCUT2D eigenvalue weighted by Crippen LogP contribution is 2.25. The average Bonchev–Trinajstić information content (AvgIpc) is 2.88. The molecule has 5 heteroatoms. The summed E-state index contributed by atoms with van der Waals surface area (Å²) in [5.74, 6) is 0. The molecule has 0 saturated carbocycles. The molecule has 0 bridgehead atoms. The van der Waals surface area contributed by atoms with Crippen LogP contribution in [-0.2, 0) is 21.2 Å². The van der Waals surface area contributed by atoms with Crippen molar-refractivity contribution in [3.63, 3.8) is 0 Å². The van der Waals surface area contributed by atoms with Crippen LogP contribution in [0.25, 0.3) is 0 Å². The summed E-state index contributed by atoms with van der Waals surface area (Å²) in [6.45, 7) is 2.45. The van der Waals surface area contributed by atoms with Gasteiger partial charge in [0.15, 0.2) is 0 Å². The first-order chi connectivity index (χ1) is 8.59. The first kappa shape index (κ1) is 13.2. The molecule has 0 radical (unpaired) electrons. The molecule has 0 N–H and O–H groups in total. The number of rotatable bonds is 4. The Morgan fingerprint density at radius 2 is 2.00 bits per heavy atom. The second-order valence-electron chi connectivity index (χ2n) is 4.46. The summed E-state index contributed by atoms with van der Waals surface area (Å²) in [7, 11) is -3.52. The third-order valence-corrected chi connectivity index (χ3v) is 5.28. The zero-order valence-electron chi connectivity index (χ0n) is 10.4. The largest absolute Gasteiger partial charge is 0.302 e. The van der Waals surface area contributed by atoms with Crippen LogP contribution in [0.3, 0.4) is 0 Å². The Kier molecular flexibility index (Phi) is 3.82. The van der Waals surface area contributed by atoms with Crippen molar-refractivity contribution in [1.29, 1.82) is 0 Å². The van der Waals surface area contributed by atoms with Crippen molar-refractivity contribution in [2.24, 2.45) is 0 Å². The fourth-order valence-electron chi connectivity index (χ4n) is 2.23. The van der Waals surface area contributed by atoms with Crippen LogP contribution < -0.4 is 0 Å². The van der Waals surface area contributed by atoms with Crippen LogP contribution in [0, 0.1) is 0 Å². The van der Waals surface area contributed by atoms with Gasteiger partial charge >= 0.3 is 0 Å². The molecular formula is C13H17NO3S. The van der Waals surface area contributed by atoms with Crippen molar-refractivity contribution in [1.82, 2.24) is 4.31 Å². The van der Waals surface area contributed by atoms with Gasteiger partial charge in [-0.2, -0.15) is 4.31 Å². The van der Waals surface area contributed by atoms with Gasteiger partial charge in [-0.15, -0.1) is 0 Å². The lowest BCUT2D eigenvalue weighted by Gasteiger charge is -2.20. The highest BCUT2D eigenvalue weighted by atomic mass is 32.2. The quantitative estimate of drug-likeness (QED) is 0.779. The van der Waals surface area contributed by atoms with E-state index in [4.69, 9.17) is 0 Å². The van der Waals surface area contributed by atoms with Gasteiger partial charge in [-0.1, -0.05) is 19.1 Å². The van der Waals surface area contributed by atoms with E-state index in [0.717, 1.165) is 24.7 Å². The van der Waals surface area contributed by atoms with Gasteiger partial charge in [0.1, 0.15) is 6.29 Å². The molecule has 1 fully saturated rings. The summed E-state index contributed by atoms with van der Waals surface area (Å²) in [5.41, 5.74) is 1.10. The lowest BCUT2D eigenvalue weighted by Crippen LogP contribution is -2.36. The highest BCUT2D eigenvalue weighted by Gasteiger charge is 2.34. The molecule has 1 unspecified atom stereocenters. The smallest absolute Gasteiger partial charge is 0.243 e. The van der Waals surface area contributed by atoms with Gasteiger partial charge in [-0.05, 0) is 37.0 Å². The molecule has 98 valence electrons. The van der Waals surface area contributed by atoms with Crippen LogP contribution in [0.4, 0.5) is 0 Å². The van der Waals surface area contributed by atoms with Gasteiger partial charge in [-0.3, -0.25) is 0 Å². The minimum atomic E-state index is -3.52. The van der Waals surface area contributed by atoms with E-state index in [-0.39, 0.29) is 4.90 Å². The molecule has 4 nitrogen and oxygen atoms in total. The fourth-order valence-corrected chi connectivity index (χ4v) is 3.86. The molecule has 1 aliphatic heterocycles. The molecule has 1 aromatic rings. The van der Waals surface area contributed by atoms with Gasteiger partial charge in [0.25, 0.3) is 0 Å². The lowest BCUT2D eigenvalue weighted by molar-refractivity contribution is -0.110. The third-order valence-electron chi connectivity index (χ3n) is 3.34. The molecule has 1 saturated heterocycles. The summed E-state index contributed by atoms with van der Waals surface area (Å²) in [6.07, 6.45) is 2.97. The van der Waals surface area contributed by atoms with Crippen LogP contribution in [0.5, 0.6) is 0 Å². The molecular weight excluding hydrogens is 250 g/mol. The van der Waals surface area contributed by atoms with Crippen molar-refractivity contribution in [3.05, 3.63) is 29.8 Å². The van der Waals surface area contributed by atoms with Crippen LogP contribution in [0.1, 0.15) is 25.3 Å². The fraction of sp³-hybridized carbons (Fsp3) is 0.462. The maximum Gasteiger partial charge on any atom is 0.243 e. The number of nitrogens with zero attached hydrogens (tertiary/aromatic N) is 1. The number of carbonyl (C=O) groups excluding carboxylic acids is 1. The van der Waals surface area contributed by atoms with Crippen LogP contribution in [0.2, 0.25) is 0 Å². The Morgan fingerprint density at radius 3 is 2.56 bits per heavy atom. The predicted molar refractivity (Wildman–Crippen MR) is 68.8 cm³/mol. The maximum absolute atomic E-state index is 12.4. The highest BCUT2D eigenvalue weighted by molar-refractivity contribution is 7.89. The van der Waals surface area contributed by atoms with Crippen molar-refractivity contribution < 1.29 is 13.2 Å². The number of sulfonamides is 1. The topological polar surface area (TPSA) is 54.5 Å². The lowest BCUT2D eigenvalue weighted by atomic mass is 10.2. The van der Waals surface area contributed by atoms with Crippen LogP contribution in [-0.4, -0.2) is 31.6 Å². The Morgan fingerprint density at radius 1 is 1.33 bits per heavy atom. The summed E-state index contributed by atoms with van der Waals surface area (Å²) >= 11 is 0. The van der Waals surface area contributed by atoms with Gasteiger partial charge < -0.3 is 4.79 Å². The molecule has 1 aliphatic rings. The monoisotopic (exact) mass is 267 g/mol. The van der Waals surface area contributed by atoms with E-state index in [1.807, 2.05) is 19.1 Å². The third kappa shape index (κ3) is 2.33. The molecule has 2 rings (SSSR count). The number of hydrogen-bond donors (Lipinski definition) is 0. The van der Waals surface area contributed by atoms with E-state index < -0.39 is 16.1 Å². The summed E-state index contributed by atoms with van der Waals surface area (Å²) in [4.78, 5) is 11.2. The molecule has 18 heavy (non-hydrogen) atoms. The molecule has 0 aromatic heterocycles. The number of hydrogen-bond acceptors (Lipinski definition) is 3. The first-order valence-electron chi connectivity index (χ1n) is 6.15. The number of benzene rings is 1. The minimum Gasteiger partial charge on any atom is -0.302 e. The second kappa shape index (κ2) is 5.20. The van der Waals surface area contributed by atoms with E-state index in [1.54, 1.807) is 12.1 Å². The predicted octanol–water partition coefficient (Wildman–Crippen LogP) is 1.60. The molecule has 1 aromatic carbocycles. The Bertz CT molecular complexity index is 522. The summed E-state index contributed by atoms with van der Waals surface area (Å²) in [5, 5.41) is 0. The Hall–Kier alpha value is -1.20. The van der Waals surface area contributed by atoms with Gasteiger partial charge in [0.05, 0.1) is 10.9 Å². The Balaban J connectivity index is 2.32. The van der Waals surface area contributed by atoms with E-state index >= 15 is 0 Å². The Labute approximate surface area is 108 Å². The standard InChI is InChI=1S/C13H17NO3S/c1-2-11-5-7-13(8-6-11)18(16,17)14-9-3-4-12(14)10-15/h5-8,10,12H,2-4,9H2,1H3. The minimum absolute atomic E-state index is 0.272.